The lowest BCUT2D eigenvalue weighted by molar-refractivity contribution is -0.138. The molecule has 0 bridgehead atoms. The molecule has 9 heteroatoms. The van der Waals surface area contributed by atoms with E-state index in [1.54, 1.807) is 24.3 Å². The summed E-state index contributed by atoms with van der Waals surface area (Å²) < 4.78 is 25.6. The van der Waals surface area contributed by atoms with Crippen molar-refractivity contribution >= 4 is 33.3 Å². The van der Waals surface area contributed by atoms with E-state index >= 15 is 0 Å². The summed E-state index contributed by atoms with van der Waals surface area (Å²) in [7, 11) is -3.65. The van der Waals surface area contributed by atoms with Crippen molar-refractivity contribution < 1.29 is 18.0 Å². The van der Waals surface area contributed by atoms with E-state index in [9.17, 15) is 18.0 Å². The first-order valence-electron chi connectivity index (χ1n) is 11.7. The number of sulfone groups is 1. The Bertz CT molecular complexity index is 1180. The lowest BCUT2D eigenvalue weighted by Gasteiger charge is -2.27. The van der Waals surface area contributed by atoms with Crippen LogP contribution in [0.3, 0.4) is 0 Å². The molecule has 2 aliphatic rings. The largest absolute Gasteiger partial charge is 0.350 e. The molecule has 4 rings (SSSR count). The minimum atomic E-state index is -3.65. The molecule has 2 atom stereocenters. The lowest BCUT2D eigenvalue weighted by atomic mass is 10.0. The summed E-state index contributed by atoms with van der Waals surface area (Å²) in [5, 5.41) is 5.66. The number of halogens is 1. The van der Waals surface area contributed by atoms with Crippen LogP contribution in [-0.4, -0.2) is 44.3 Å². The van der Waals surface area contributed by atoms with Crippen LogP contribution < -0.4 is 10.6 Å². The highest BCUT2D eigenvalue weighted by molar-refractivity contribution is 7.92. The summed E-state index contributed by atoms with van der Waals surface area (Å²) in [6.45, 7) is 4.31. The molecule has 1 fully saturated rings. The fourth-order valence-electron chi connectivity index (χ4n) is 4.79. The van der Waals surface area contributed by atoms with Crippen molar-refractivity contribution in [1.29, 1.82) is 0 Å². The lowest BCUT2D eigenvalue weighted by Crippen LogP contribution is -2.47. The molecule has 0 saturated carbocycles. The standard InChI is InChI=1S/C25H30ClN3O4S/c1-2-11-27-14-17-9-10-20(26)13-19(17)15-28-24(30)22-8-5-12-29(22)25(31)23-21-7-4-3-6-18(21)16-34(23,32)33/h3-4,6-7,9-10,13,22-23,27H,2,5,8,11-12,14-16H2,1H3,(H,28,30)/t22-,23?/m0/s1. The van der Waals surface area contributed by atoms with E-state index in [4.69, 9.17) is 11.6 Å². The highest BCUT2D eigenvalue weighted by atomic mass is 35.5. The predicted octanol–water partition coefficient (Wildman–Crippen LogP) is 3.12. The summed E-state index contributed by atoms with van der Waals surface area (Å²) in [6.07, 6.45) is 2.18. The van der Waals surface area contributed by atoms with Gasteiger partial charge in [-0.25, -0.2) is 8.42 Å². The minimum Gasteiger partial charge on any atom is -0.350 e. The number of rotatable bonds is 8. The van der Waals surface area contributed by atoms with Gasteiger partial charge in [-0.05, 0) is 60.2 Å². The number of carbonyl (C=O) groups excluding carboxylic acids is 2. The summed E-state index contributed by atoms with van der Waals surface area (Å²) >= 11 is 6.18. The van der Waals surface area contributed by atoms with Crippen molar-refractivity contribution in [3.63, 3.8) is 0 Å². The number of nitrogens with zero attached hydrogens (tertiary/aromatic N) is 1. The third kappa shape index (κ3) is 5.14. The van der Waals surface area contributed by atoms with Gasteiger partial charge in [0.15, 0.2) is 15.1 Å². The molecule has 0 radical (unpaired) electrons. The van der Waals surface area contributed by atoms with Crippen LogP contribution in [-0.2, 0) is 38.3 Å². The van der Waals surface area contributed by atoms with Gasteiger partial charge in [0, 0.05) is 24.7 Å². The molecule has 1 unspecified atom stereocenters. The van der Waals surface area contributed by atoms with Gasteiger partial charge in [-0.3, -0.25) is 9.59 Å². The van der Waals surface area contributed by atoms with E-state index in [2.05, 4.69) is 17.6 Å². The van der Waals surface area contributed by atoms with E-state index in [0.717, 1.165) is 24.1 Å². The van der Waals surface area contributed by atoms with Gasteiger partial charge in [-0.15, -0.1) is 0 Å². The van der Waals surface area contributed by atoms with Crippen LogP contribution in [0.1, 0.15) is 53.7 Å². The Morgan fingerprint density at radius 1 is 1.12 bits per heavy atom. The Morgan fingerprint density at radius 3 is 2.71 bits per heavy atom. The summed E-state index contributed by atoms with van der Waals surface area (Å²) in [6, 6.07) is 11.9. The number of amides is 2. The molecular formula is C25H30ClN3O4S. The van der Waals surface area contributed by atoms with Crippen molar-refractivity contribution in [1.82, 2.24) is 15.5 Å². The summed E-state index contributed by atoms with van der Waals surface area (Å²) in [5.41, 5.74) is 3.15. The number of carbonyl (C=O) groups is 2. The van der Waals surface area contributed by atoms with Gasteiger partial charge in [0.2, 0.25) is 11.8 Å². The van der Waals surface area contributed by atoms with Crippen LogP contribution in [0, 0.1) is 0 Å². The zero-order chi connectivity index (χ0) is 24.3. The Balaban J connectivity index is 1.47. The van der Waals surface area contributed by atoms with Gasteiger partial charge in [0.05, 0.1) is 5.75 Å². The second-order valence-corrected chi connectivity index (χ2v) is 11.4. The molecule has 0 spiro atoms. The van der Waals surface area contributed by atoms with Crippen molar-refractivity contribution in [3.8, 4) is 0 Å². The van der Waals surface area contributed by atoms with Crippen LogP contribution in [0.15, 0.2) is 42.5 Å². The van der Waals surface area contributed by atoms with Crippen LogP contribution in [0.5, 0.6) is 0 Å². The fourth-order valence-corrected chi connectivity index (χ4v) is 6.90. The number of hydrogen-bond acceptors (Lipinski definition) is 5. The highest BCUT2D eigenvalue weighted by Crippen LogP contribution is 2.38. The van der Waals surface area contributed by atoms with E-state index in [-0.39, 0.29) is 18.2 Å². The molecule has 2 N–H and O–H groups in total. The quantitative estimate of drug-likeness (QED) is 0.540. The average Bonchev–Trinajstić information content (AvgIpc) is 3.39. The third-order valence-electron chi connectivity index (χ3n) is 6.48. The maximum Gasteiger partial charge on any atom is 0.246 e. The molecule has 1 saturated heterocycles. The zero-order valence-electron chi connectivity index (χ0n) is 19.2. The number of fused-ring (bicyclic) bond motifs is 1. The SMILES string of the molecule is CCCNCc1ccc(Cl)cc1CNC(=O)[C@@H]1CCCN1C(=O)C1c2ccccc2CS1(=O)=O. The molecule has 182 valence electrons. The summed E-state index contributed by atoms with van der Waals surface area (Å²) in [5.74, 6) is -0.926. The molecule has 2 amide bonds. The van der Waals surface area contributed by atoms with Crippen LogP contribution in [0.25, 0.3) is 0 Å². The van der Waals surface area contributed by atoms with Gasteiger partial charge < -0.3 is 15.5 Å². The van der Waals surface area contributed by atoms with E-state index in [0.29, 0.717) is 42.1 Å². The molecule has 2 aliphatic heterocycles. The molecule has 2 heterocycles. The Kier molecular flexibility index (Phi) is 7.60. The first-order chi connectivity index (χ1) is 16.3. The first kappa shape index (κ1) is 24.7. The first-order valence-corrected chi connectivity index (χ1v) is 13.8. The van der Waals surface area contributed by atoms with Gasteiger partial charge in [-0.2, -0.15) is 0 Å². The minimum absolute atomic E-state index is 0.145. The van der Waals surface area contributed by atoms with Gasteiger partial charge in [-0.1, -0.05) is 48.9 Å². The topological polar surface area (TPSA) is 95.6 Å². The van der Waals surface area contributed by atoms with Crippen LogP contribution in [0.4, 0.5) is 0 Å². The molecule has 0 aliphatic carbocycles. The van der Waals surface area contributed by atoms with Crippen LogP contribution in [0.2, 0.25) is 5.02 Å². The smallest absolute Gasteiger partial charge is 0.246 e. The van der Waals surface area contributed by atoms with E-state index in [1.165, 1.54) is 4.90 Å². The molecule has 2 aromatic carbocycles. The van der Waals surface area contributed by atoms with Crippen molar-refractivity contribution in [2.24, 2.45) is 0 Å². The van der Waals surface area contributed by atoms with Gasteiger partial charge in [0.1, 0.15) is 6.04 Å². The molecule has 0 aromatic heterocycles. The van der Waals surface area contributed by atoms with Crippen LogP contribution >= 0.6 is 11.6 Å². The average molecular weight is 504 g/mol. The maximum atomic E-state index is 13.4. The van der Waals surface area contributed by atoms with Crippen molar-refractivity contribution in [3.05, 3.63) is 69.7 Å². The molecule has 34 heavy (non-hydrogen) atoms. The second kappa shape index (κ2) is 10.5. The van der Waals surface area contributed by atoms with Crippen molar-refractivity contribution in [2.75, 3.05) is 13.1 Å². The zero-order valence-corrected chi connectivity index (χ0v) is 20.8. The summed E-state index contributed by atoms with van der Waals surface area (Å²) in [4.78, 5) is 28.0. The Morgan fingerprint density at radius 2 is 1.91 bits per heavy atom. The van der Waals surface area contributed by atoms with Gasteiger partial charge >= 0.3 is 0 Å². The fraction of sp³-hybridized carbons (Fsp3) is 0.440. The predicted molar refractivity (Wildman–Crippen MR) is 132 cm³/mol. The normalized spacial score (nSPS) is 20.8. The van der Waals surface area contributed by atoms with Crippen molar-refractivity contribution in [2.45, 2.75) is 56.3 Å². The Hall–Kier alpha value is -2.42. The van der Waals surface area contributed by atoms with E-state index in [1.807, 2.05) is 18.2 Å². The maximum absolute atomic E-state index is 13.4. The monoisotopic (exact) mass is 503 g/mol. The molecular weight excluding hydrogens is 474 g/mol. The Labute approximate surface area is 205 Å². The number of hydrogen-bond donors (Lipinski definition) is 2. The number of likely N-dealkylation sites (tertiary alicyclic amines) is 1. The molecule has 2 aromatic rings. The second-order valence-electron chi connectivity index (χ2n) is 8.88. The molecule has 7 nitrogen and oxygen atoms in total. The number of benzene rings is 2. The highest BCUT2D eigenvalue weighted by Gasteiger charge is 2.46. The van der Waals surface area contributed by atoms with Gasteiger partial charge in [0.25, 0.3) is 0 Å². The third-order valence-corrected chi connectivity index (χ3v) is 8.60. The number of nitrogens with one attached hydrogen (secondary N) is 2. The van der Waals surface area contributed by atoms with E-state index < -0.39 is 27.0 Å².